The zero-order chi connectivity index (χ0) is 24.8. The molecule has 2 aliphatic rings. The van der Waals surface area contributed by atoms with Crippen LogP contribution in [0.25, 0.3) is 0 Å². The summed E-state index contributed by atoms with van der Waals surface area (Å²) >= 11 is 0. The average Bonchev–Trinajstić information content (AvgIpc) is 2.84. The number of carboxylic acids is 1. The Balaban J connectivity index is 1.31. The van der Waals surface area contributed by atoms with E-state index in [1.54, 1.807) is 35.2 Å². The third-order valence-corrected chi connectivity index (χ3v) is 6.98. The van der Waals surface area contributed by atoms with Gasteiger partial charge in [0, 0.05) is 36.5 Å². The zero-order valence-corrected chi connectivity index (χ0v) is 19.9. The van der Waals surface area contributed by atoms with Crippen molar-refractivity contribution in [2.24, 2.45) is 5.92 Å². The van der Waals surface area contributed by atoms with E-state index >= 15 is 0 Å². The molecular weight excluding hydrogens is 452 g/mol. The van der Waals surface area contributed by atoms with Crippen molar-refractivity contribution in [1.29, 1.82) is 0 Å². The van der Waals surface area contributed by atoms with Crippen molar-refractivity contribution in [2.75, 3.05) is 19.6 Å². The third kappa shape index (κ3) is 7.07. The molecule has 0 bridgehead atoms. The molecule has 2 atom stereocenters. The minimum absolute atomic E-state index is 0.0586. The van der Waals surface area contributed by atoms with Gasteiger partial charge in [-0.15, -0.1) is 0 Å². The van der Waals surface area contributed by atoms with Crippen LogP contribution in [0, 0.1) is 5.92 Å². The molecule has 4 rings (SSSR count). The maximum atomic E-state index is 14.5. The summed E-state index contributed by atoms with van der Waals surface area (Å²) in [6, 6.07) is 11.4. The molecule has 0 radical (unpaired) electrons. The first-order valence-electron chi connectivity index (χ1n) is 12.5. The molecule has 1 aromatic heterocycles. The van der Waals surface area contributed by atoms with Gasteiger partial charge in [-0.25, -0.2) is 13.6 Å². The number of rotatable bonds is 9. The topological polar surface area (TPSA) is 82.5 Å². The Hall–Kier alpha value is -2.87. The van der Waals surface area contributed by atoms with E-state index in [0.29, 0.717) is 24.9 Å². The first kappa shape index (κ1) is 25.2. The number of amides is 1. The summed E-state index contributed by atoms with van der Waals surface area (Å²) < 4.78 is 29.1. The summed E-state index contributed by atoms with van der Waals surface area (Å²) in [7, 11) is 0. The monoisotopic (exact) mass is 485 g/mol. The lowest BCUT2D eigenvalue weighted by atomic mass is 9.89. The van der Waals surface area contributed by atoms with Crippen LogP contribution in [0.5, 0.6) is 0 Å². The molecule has 2 aromatic rings. The number of aromatic nitrogens is 1. The van der Waals surface area contributed by atoms with E-state index < -0.39 is 23.8 Å². The number of hydrogen-bond donors (Lipinski definition) is 2. The number of likely N-dealkylation sites (tertiary alicyclic amines) is 1. The number of carbonyl (C=O) groups excluding carboxylic acids is 1. The van der Waals surface area contributed by atoms with Crippen LogP contribution in [0.15, 0.2) is 42.5 Å². The minimum Gasteiger partial charge on any atom is -0.480 e. The number of nitrogens with zero attached hydrogens (tertiary/aromatic N) is 2. The Morgan fingerprint density at radius 3 is 2.69 bits per heavy atom. The summed E-state index contributed by atoms with van der Waals surface area (Å²) in [5, 5.41) is 12.1. The number of carbonyl (C=O) groups is 2. The Kier molecular flexibility index (Phi) is 8.11. The average molecular weight is 486 g/mol. The van der Waals surface area contributed by atoms with E-state index in [9.17, 15) is 23.5 Å². The number of fused-ring (bicyclic) bond motifs is 1. The largest absolute Gasteiger partial charge is 0.480 e. The van der Waals surface area contributed by atoms with Gasteiger partial charge in [0.1, 0.15) is 6.04 Å². The number of aliphatic carboxylic acids is 1. The Bertz CT molecular complexity index is 1030. The van der Waals surface area contributed by atoms with E-state index in [2.05, 4.69) is 11.4 Å². The van der Waals surface area contributed by atoms with Gasteiger partial charge in [-0.1, -0.05) is 24.3 Å². The van der Waals surface area contributed by atoms with E-state index in [1.165, 1.54) is 12.0 Å². The molecule has 8 heteroatoms. The molecule has 1 aliphatic heterocycles. The first-order valence-corrected chi connectivity index (χ1v) is 12.5. The highest BCUT2D eigenvalue weighted by atomic mass is 19.3. The second kappa shape index (κ2) is 11.2. The lowest BCUT2D eigenvalue weighted by Gasteiger charge is -2.38. The van der Waals surface area contributed by atoms with Crippen LogP contribution in [0.4, 0.5) is 8.78 Å². The maximum absolute atomic E-state index is 14.5. The molecule has 0 saturated carbocycles. The predicted molar refractivity (Wildman–Crippen MR) is 129 cm³/mol. The number of alkyl halides is 2. The molecule has 2 N–H and O–H groups in total. The van der Waals surface area contributed by atoms with Crippen molar-refractivity contribution in [2.45, 2.75) is 63.3 Å². The van der Waals surface area contributed by atoms with Gasteiger partial charge in [0.15, 0.2) is 0 Å². The van der Waals surface area contributed by atoms with Gasteiger partial charge in [-0.2, -0.15) is 0 Å². The van der Waals surface area contributed by atoms with E-state index in [4.69, 9.17) is 4.98 Å². The van der Waals surface area contributed by atoms with Crippen LogP contribution in [-0.4, -0.2) is 58.5 Å². The van der Waals surface area contributed by atoms with Gasteiger partial charge < -0.3 is 10.4 Å². The molecular formula is C27H33F2N3O3. The smallest absolute Gasteiger partial charge is 0.326 e. The molecule has 0 spiro atoms. The van der Waals surface area contributed by atoms with Crippen molar-refractivity contribution in [3.05, 3.63) is 65.0 Å². The standard InChI is InChI=1S/C27H33F2N3O3/c28-27(29)16-19(10-12-22-13-11-20-6-4-5-9-23(20)30-22)17-32(18-27)15-14-24(26(34)35)31-25(33)21-7-2-1-3-8-21/h1-3,7-8,11,13,19,24H,4-6,9-10,12,14-18H2,(H,31,33)(H,34,35)/t19?,24-/m0/s1. The number of halogens is 2. The molecule has 1 aromatic carbocycles. The van der Waals surface area contributed by atoms with Crippen molar-refractivity contribution >= 4 is 11.9 Å². The van der Waals surface area contributed by atoms with Gasteiger partial charge >= 0.3 is 5.97 Å². The van der Waals surface area contributed by atoms with Gasteiger partial charge in [0.05, 0.1) is 6.54 Å². The first-order chi connectivity index (χ1) is 16.8. The fourth-order valence-corrected chi connectivity index (χ4v) is 5.19. The van der Waals surface area contributed by atoms with E-state index in [1.807, 2.05) is 6.07 Å². The number of aryl methyl sites for hydroxylation is 3. The van der Waals surface area contributed by atoms with E-state index in [0.717, 1.165) is 30.7 Å². The lowest BCUT2D eigenvalue weighted by molar-refractivity contribution is -0.139. The number of carboxylic acid groups (broad SMARTS) is 1. The van der Waals surface area contributed by atoms with Gasteiger partial charge in [-0.3, -0.25) is 14.7 Å². The van der Waals surface area contributed by atoms with Crippen LogP contribution in [0.2, 0.25) is 0 Å². The van der Waals surface area contributed by atoms with Crippen molar-refractivity contribution in [3.8, 4) is 0 Å². The molecule has 1 unspecified atom stereocenters. The molecule has 1 amide bonds. The van der Waals surface area contributed by atoms with Crippen molar-refractivity contribution in [1.82, 2.24) is 15.2 Å². The molecule has 188 valence electrons. The number of hydrogen-bond acceptors (Lipinski definition) is 4. The number of benzene rings is 1. The number of pyridine rings is 1. The molecule has 1 saturated heterocycles. The van der Waals surface area contributed by atoms with Gasteiger partial charge in [0.25, 0.3) is 11.8 Å². The number of nitrogens with one attached hydrogen (secondary N) is 1. The van der Waals surface area contributed by atoms with Crippen LogP contribution < -0.4 is 5.32 Å². The summed E-state index contributed by atoms with van der Waals surface area (Å²) in [5.41, 5.74) is 3.78. The highest BCUT2D eigenvalue weighted by molar-refractivity contribution is 5.96. The highest BCUT2D eigenvalue weighted by Gasteiger charge is 2.40. The Morgan fingerprint density at radius 1 is 1.14 bits per heavy atom. The van der Waals surface area contributed by atoms with Crippen molar-refractivity contribution in [3.63, 3.8) is 0 Å². The lowest BCUT2D eigenvalue weighted by Crippen LogP contribution is -2.49. The molecule has 6 nitrogen and oxygen atoms in total. The minimum atomic E-state index is -2.82. The predicted octanol–water partition coefficient (Wildman–Crippen LogP) is 4.12. The maximum Gasteiger partial charge on any atom is 0.326 e. The summed E-state index contributed by atoms with van der Waals surface area (Å²) in [5.74, 6) is -4.68. The van der Waals surface area contributed by atoms with Crippen molar-refractivity contribution < 1.29 is 23.5 Å². The van der Waals surface area contributed by atoms with Crippen LogP contribution >= 0.6 is 0 Å². The molecule has 2 heterocycles. The van der Waals surface area contributed by atoms with E-state index in [-0.39, 0.29) is 31.8 Å². The number of piperidine rings is 1. The summed E-state index contributed by atoms with van der Waals surface area (Å²) in [6.45, 7) is 0.272. The second-order valence-electron chi connectivity index (χ2n) is 9.83. The third-order valence-electron chi connectivity index (χ3n) is 6.98. The highest BCUT2D eigenvalue weighted by Crippen LogP contribution is 2.33. The normalized spacial score (nSPS) is 20.6. The van der Waals surface area contributed by atoms with Crippen LogP contribution in [-0.2, 0) is 24.1 Å². The molecule has 35 heavy (non-hydrogen) atoms. The zero-order valence-electron chi connectivity index (χ0n) is 19.9. The van der Waals surface area contributed by atoms with Crippen LogP contribution in [0.3, 0.4) is 0 Å². The quantitative estimate of drug-likeness (QED) is 0.558. The van der Waals surface area contributed by atoms with Crippen LogP contribution in [0.1, 0.15) is 59.4 Å². The molecule has 1 aliphatic carbocycles. The Morgan fingerprint density at radius 2 is 1.91 bits per heavy atom. The fourth-order valence-electron chi connectivity index (χ4n) is 5.19. The Labute approximate surface area is 204 Å². The summed E-state index contributed by atoms with van der Waals surface area (Å²) in [4.78, 5) is 30.5. The van der Waals surface area contributed by atoms with Gasteiger partial charge in [-0.05, 0) is 74.6 Å². The fraction of sp³-hybridized carbons (Fsp3) is 0.519. The molecule has 1 fully saturated rings. The summed E-state index contributed by atoms with van der Waals surface area (Å²) in [6.07, 6.45) is 5.57. The SMILES string of the molecule is O=C(N[C@@H](CCN1CC(CCc2ccc3c(n2)CCCC3)CC(F)(F)C1)C(=O)O)c1ccccc1. The second-order valence-corrected chi connectivity index (χ2v) is 9.83. The van der Waals surface area contributed by atoms with Gasteiger partial charge in [0.2, 0.25) is 0 Å².